The lowest BCUT2D eigenvalue weighted by Crippen LogP contribution is -2.32. The van der Waals surface area contributed by atoms with Crippen LogP contribution in [0.1, 0.15) is 17.3 Å². The Morgan fingerprint density at radius 1 is 1.24 bits per heavy atom. The predicted molar refractivity (Wildman–Crippen MR) is 77.5 cm³/mol. The number of hydrogen-bond acceptors (Lipinski definition) is 5. The average Bonchev–Trinajstić information content (AvgIpc) is 2.53. The highest BCUT2D eigenvalue weighted by atomic mass is 32.2. The fraction of sp³-hybridized carbons (Fsp3) is 0.143. The second-order valence-electron chi connectivity index (χ2n) is 4.33. The zero-order chi connectivity index (χ0) is 15.3. The topological polar surface area (TPSA) is 109 Å². The predicted octanol–water partition coefficient (Wildman–Crippen LogP) is 0.932. The maximum Gasteiger partial charge on any atom is 0.243 e. The molecule has 21 heavy (non-hydrogen) atoms. The molecule has 0 amide bonds. The molecule has 1 heterocycles. The van der Waals surface area contributed by atoms with E-state index in [9.17, 15) is 8.42 Å². The second-order valence-corrected chi connectivity index (χ2v) is 6.07. The summed E-state index contributed by atoms with van der Waals surface area (Å²) in [6.45, 7) is 0.0338. The number of nitrogens with two attached hydrogens (primary N) is 1. The van der Waals surface area contributed by atoms with Crippen LogP contribution in [0.15, 0.2) is 53.6 Å². The van der Waals surface area contributed by atoms with E-state index >= 15 is 0 Å². The number of nitriles is 1. The molecule has 0 saturated heterocycles. The molecule has 1 aromatic heterocycles. The Morgan fingerprint density at radius 3 is 2.62 bits per heavy atom. The summed E-state index contributed by atoms with van der Waals surface area (Å²) in [6, 6.07) is 13.3. The van der Waals surface area contributed by atoms with Crippen LogP contribution < -0.4 is 10.5 Å². The molecular weight excluding hydrogens is 288 g/mol. The summed E-state index contributed by atoms with van der Waals surface area (Å²) >= 11 is 0. The number of hydrogen-bond donors (Lipinski definition) is 2. The Balaban J connectivity index is 2.14. The van der Waals surface area contributed by atoms with E-state index in [1.54, 1.807) is 6.07 Å². The van der Waals surface area contributed by atoms with E-state index in [4.69, 9.17) is 11.0 Å². The van der Waals surface area contributed by atoms with Gasteiger partial charge >= 0.3 is 0 Å². The molecule has 6 nitrogen and oxygen atoms in total. The van der Waals surface area contributed by atoms with Crippen LogP contribution in [0.4, 0.5) is 0 Å². The van der Waals surface area contributed by atoms with E-state index in [0.717, 1.165) is 5.56 Å². The van der Waals surface area contributed by atoms with Gasteiger partial charge in [0.25, 0.3) is 0 Å². The molecule has 0 spiro atoms. The van der Waals surface area contributed by atoms with Crippen molar-refractivity contribution in [1.29, 1.82) is 5.26 Å². The number of nitrogens with zero attached hydrogens (tertiary/aromatic N) is 2. The maximum absolute atomic E-state index is 12.2. The van der Waals surface area contributed by atoms with Gasteiger partial charge in [-0.1, -0.05) is 30.3 Å². The zero-order valence-corrected chi connectivity index (χ0v) is 11.9. The first kappa shape index (κ1) is 15.1. The van der Waals surface area contributed by atoms with Gasteiger partial charge < -0.3 is 5.73 Å². The highest BCUT2D eigenvalue weighted by Gasteiger charge is 2.20. The van der Waals surface area contributed by atoms with E-state index in [0.29, 0.717) is 0 Å². The molecule has 7 heteroatoms. The lowest BCUT2D eigenvalue weighted by atomic mass is 10.1. The third kappa shape index (κ3) is 3.64. The van der Waals surface area contributed by atoms with Crippen molar-refractivity contribution in [1.82, 2.24) is 9.71 Å². The lowest BCUT2D eigenvalue weighted by Gasteiger charge is -2.13. The first-order chi connectivity index (χ1) is 10.0. The molecule has 0 aliphatic heterocycles. The maximum atomic E-state index is 12.2. The molecule has 1 aromatic carbocycles. The Labute approximate surface area is 123 Å². The SMILES string of the molecule is N#Cc1ncccc1S(=O)(=O)NCC(N)c1ccccc1. The highest BCUT2D eigenvalue weighted by Crippen LogP contribution is 2.13. The van der Waals surface area contributed by atoms with Crippen molar-refractivity contribution in [3.05, 3.63) is 59.9 Å². The van der Waals surface area contributed by atoms with E-state index in [1.807, 2.05) is 30.3 Å². The van der Waals surface area contributed by atoms with Gasteiger partial charge in [-0.15, -0.1) is 0 Å². The summed E-state index contributed by atoms with van der Waals surface area (Å²) in [5.74, 6) is 0. The van der Waals surface area contributed by atoms with Gasteiger partial charge in [0.2, 0.25) is 10.0 Å². The van der Waals surface area contributed by atoms with Crippen molar-refractivity contribution in [2.45, 2.75) is 10.9 Å². The Bertz CT molecular complexity index is 754. The van der Waals surface area contributed by atoms with Gasteiger partial charge in [0, 0.05) is 18.8 Å². The molecule has 0 saturated carbocycles. The average molecular weight is 302 g/mol. The van der Waals surface area contributed by atoms with Crippen molar-refractivity contribution in [3.63, 3.8) is 0 Å². The Kier molecular flexibility index (Phi) is 4.65. The first-order valence-corrected chi connectivity index (χ1v) is 7.68. The molecule has 2 rings (SSSR count). The summed E-state index contributed by atoms with van der Waals surface area (Å²) in [4.78, 5) is 3.59. The van der Waals surface area contributed by atoms with Crippen molar-refractivity contribution >= 4 is 10.0 Å². The molecule has 2 aromatic rings. The number of pyridine rings is 1. The Morgan fingerprint density at radius 2 is 1.95 bits per heavy atom. The molecule has 108 valence electrons. The van der Waals surface area contributed by atoms with Crippen molar-refractivity contribution in [2.75, 3.05) is 6.54 Å². The summed E-state index contributed by atoms with van der Waals surface area (Å²) in [5.41, 5.74) is 6.63. The van der Waals surface area contributed by atoms with Gasteiger partial charge in [-0.05, 0) is 17.7 Å². The third-order valence-electron chi connectivity index (χ3n) is 2.89. The van der Waals surface area contributed by atoms with Crippen molar-refractivity contribution < 1.29 is 8.42 Å². The summed E-state index contributed by atoms with van der Waals surface area (Å²) in [5, 5.41) is 8.91. The largest absolute Gasteiger partial charge is 0.323 e. The standard InChI is InChI=1S/C14H14N4O2S/c15-9-13-14(7-4-8-17-13)21(19,20)18-10-12(16)11-5-2-1-3-6-11/h1-8,12,18H,10,16H2. The minimum absolute atomic E-state index is 0.0338. The van der Waals surface area contributed by atoms with Crippen LogP contribution >= 0.6 is 0 Å². The van der Waals surface area contributed by atoms with Crippen LogP contribution in [-0.2, 0) is 10.0 Å². The number of nitrogens with one attached hydrogen (secondary N) is 1. The summed E-state index contributed by atoms with van der Waals surface area (Å²) in [7, 11) is -3.82. The quantitative estimate of drug-likeness (QED) is 0.854. The van der Waals surface area contributed by atoms with Crippen molar-refractivity contribution in [3.8, 4) is 6.07 Å². The summed E-state index contributed by atoms with van der Waals surface area (Å²) in [6.07, 6.45) is 1.37. The van der Waals surface area contributed by atoms with Crippen LogP contribution in [-0.4, -0.2) is 19.9 Å². The van der Waals surface area contributed by atoms with Crippen LogP contribution in [0.25, 0.3) is 0 Å². The summed E-state index contributed by atoms with van der Waals surface area (Å²) < 4.78 is 26.8. The molecule has 0 radical (unpaired) electrons. The highest BCUT2D eigenvalue weighted by molar-refractivity contribution is 7.89. The third-order valence-corrected chi connectivity index (χ3v) is 4.34. The molecule has 0 fully saturated rings. The second kappa shape index (κ2) is 6.45. The van der Waals surface area contributed by atoms with Crippen LogP contribution in [0.2, 0.25) is 0 Å². The van der Waals surface area contributed by atoms with Gasteiger partial charge in [-0.3, -0.25) is 0 Å². The van der Waals surface area contributed by atoms with Gasteiger partial charge in [-0.2, -0.15) is 5.26 Å². The number of aromatic nitrogens is 1. The normalized spacial score (nSPS) is 12.6. The van der Waals surface area contributed by atoms with E-state index in [2.05, 4.69) is 9.71 Å². The molecule has 1 unspecified atom stereocenters. The fourth-order valence-corrected chi connectivity index (χ4v) is 2.95. The van der Waals surface area contributed by atoms with E-state index < -0.39 is 16.1 Å². The fourth-order valence-electron chi connectivity index (χ4n) is 1.79. The van der Waals surface area contributed by atoms with Crippen LogP contribution in [0.5, 0.6) is 0 Å². The smallest absolute Gasteiger partial charge is 0.243 e. The van der Waals surface area contributed by atoms with Gasteiger partial charge in [0.05, 0.1) is 0 Å². The molecule has 1 atom stereocenters. The van der Waals surface area contributed by atoms with Gasteiger partial charge in [0.15, 0.2) is 5.69 Å². The number of rotatable bonds is 5. The Hall–Kier alpha value is -2.27. The van der Waals surface area contributed by atoms with Gasteiger partial charge in [-0.25, -0.2) is 18.1 Å². The van der Waals surface area contributed by atoms with E-state index in [1.165, 1.54) is 18.3 Å². The van der Waals surface area contributed by atoms with Gasteiger partial charge in [0.1, 0.15) is 11.0 Å². The minimum Gasteiger partial charge on any atom is -0.323 e. The number of sulfonamides is 1. The first-order valence-electron chi connectivity index (χ1n) is 6.20. The minimum atomic E-state index is -3.82. The monoisotopic (exact) mass is 302 g/mol. The molecule has 0 bridgehead atoms. The van der Waals surface area contributed by atoms with E-state index in [-0.39, 0.29) is 17.1 Å². The zero-order valence-electron chi connectivity index (χ0n) is 11.1. The number of benzene rings is 1. The van der Waals surface area contributed by atoms with Crippen molar-refractivity contribution in [2.24, 2.45) is 5.73 Å². The molecule has 0 aliphatic rings. The molecule has 3 N–H and O–H groups in total. The molecular formula is C14H14N4O2S. The molecule has 0 aliphatic carbocycles. The van der Waals surface area contributed by atoms with Crippen LogP contribution in [0, 0.1) is 11.3 Å². The lowest BCUT2D eigenvalue weighted by molar-refractivity contribution is 0.571. The van der Waals surface area contributed by atoms with Crippen LogP contribution in [0.3, 0.4) is 0 Å².